The highest BCUT2D eigenvalue weighted by molar-refractivity contribution is 5.57. The first kappa shape index (κ1) is 12.3. The van der Waals surface area contributed by atoms with Crippen LogP contribution in [0.3, 0.4) is 0 Å². The van der Waals surface area contributed by atoms with Crippen LogP contribution in [0.15, 0.2) is 40.9 Å². The van der Waals surface area contributed by atoms with E-state index in [9.17, 15) is 13.2 Å². The highest BCUT2D eigenvalue weighted by Gasteiger charge is 2.16. The predicted octanol–water partition coefficient (Wildman–Crippen LogP) is 3.22. The van der Waals surface area contributed by atoms with Gasteiger partial charge in [-0.3, -0.25) is 0 Å². The minimum Gasteiger partial charge on any atom is -0.416 e. The predicted molar refractivity (Wildman–Crippen MR) is 62.8 cm³/mol. The molecule has 3 aromatic rings. The molecule has 4 nitrogen and oxygen atoms in total. The van der Waals surface area contributed by atoms with E-state index in [0.29, 0.717) is 5.56 Å². The highest BCUT2D eigenvalue weighted by Crippen LogP contribution is 2.25. The minimum absolute atomic E-state index is 0.00293. The molecular formula is C13H6F3N3O. The van der Waals surface area contributed by atoms with Gasteiger partial charge >= 0.3 is 0 Å². The Morgan fingerprint density at radius 1 is 0.900 bits per heavy atom. The third kappa shape index (κ3) is 2.25. The van der Waals surface area contributed by atoms with Crippen molar-refractivity contribution in [3.8, 4) is 22.9 Å². The van der Waals surface area contributed by atoms with Crippen LogP contribution in [0.4, 0.5) is 13.2 Å². The van der Waals surface area contributed by atoms with Gasteiger partial charge in [-0.1, -0.05) is 6.07 Å². The Morgan fingerprint density at radius 2 is 1.70 bits per heavy atom. The molecular weight excluding hydrogens is 271 g/mol. The van der Waals surface area contributed by atoms with Gasteiger partial charge in [0, 0.05) is 5.56 Å². The maximum absolute atomic E-state index is 13.5. The maximum atomic E-state index is 13.5. The van der Waals surface area contributed by atoms with Crippen molar-refractivity contribution in [3.63, 3.8) is 0 Å². The summed E-state index contributed by atoms with van der Waals surface area (Å²) in [5, 5.41) is 7.28. The lowest BCUT2D eigenvalue weighted by Gasteiger charge is -1.97. The van der Waals surface area contributed by atoms with Gasteiger partial charge in [-0.25, -0.2) is 13.8 Å². The van der Waals surface area contributed by atoms with E-state index in [1.54, 1.807) is 6.07 Å². The average Bonchev–Trinajstić information content (AvgIpc) is 2.91. The molecule has 0 amide bonds. The Labute approximate surface area is 110 Å². The van der Waals surface area contributed by atoms with E-state index in [0.717, 1.165) is 12.3 Å². The van der Waals surface area contributed by atoms with Crippen molar-refractivity contribution in [2.24, 2.45) is 0 Å². The van der Waals surface area contributed by atoms with Crippen molar-refractivity contribution in [3.05, 3.63) is 54.1 Å². The number of benzene rings is 1. The second-order valence-electron chi connectivity index (χ2n) is 3.91. The van der Waals surface area contributed by atoms with E-state index in [4.69, 9.17) is 4.42 Å². The summed E-state index contributed by atoms with van der Waals surface area (Å²) in [5.41, 5.74) is 0.0914. The molecule has 0 N–H and O–H groups in total. The van der Waals surface area contributed by atoms with E-state index >= 15 is 0 Å². The Balaban J connectivity index is 2.04. The molecule has 2 heterocycles. The molecule has 3 rings (SSSR count). The Bertz CT molecular complexity index is 773. The molecule has 0 atom stereocenters. The fourth-order valence-electron chi connectivity index (χ4n) is 1.64. The number of rotatable bonds is 2. The molecule has 1 aromatic carbocycles. The van der Waals surface area contributed by atoms with E-state index in [2.05, 4.69) is 15.2 Å². The highest BCUT2D eigenvalue weighted by atomic mass is 19.1. The van der Waals surface area contributed by atoms with Crippen LogP contribution >= 0.6 is 0 Å². The summed E-state index contributed by atoms with van der Waals surface area (Å²) in [6.07, 6.45) is 0.739. The van der Waals surface area contributed by atoms with Crippen molar-refractivity contribution in [2.45, 2.75) is 0 Å². The van der Waals surface area contributed by atoms with Crippen molar-refractivity contribution >= 4 is 0 Å². The van der Waals surface area contributed by atoms with Crippen LogP contribution in [0.1, 0.15) is 0 Å². The molecule has 7 heteroatoms. The summed E-state index contributed by atoms with van der Waals surface area (Å²) < 4.78 is 44.8. The zero-order chi connectivity index (χ0) is 14.1. The number of hydrogen-bond acceptors (Lipinski definition) is 4. The van der Waals surface area contributed by atoms with Crippen molar-refractivity contribution in [2.75, 3.05) is 0 Å². The molecule has 0 fully saturated rings. The Morgan fingerprint density at radius 3 is 2.50 bits per heavy atom. The average molecular weight is 277 g/mol. The van der Waals surface area contributed by atoms with Gasteiger partial charge in [0.2, 0.25) is 11.8 Å². The van der Waals surface area contributed by atoms with Crippen LogP contribution in [-0.4, -0.2) is 15.2 Å². The molecule has 0 aliphatic heterocycles. The normalized spacial score (nSPS) is 10.8. The van der Waals surface area contributed by atoms with Crippen LogP contribution in [-0.2, 0) is 0 Å². The molecule has 0 aliphatic rings. The van der Waals surface area contributed by atoms with Gasteiger partial charge in [0.15, 0.2) is 0 Å². The topological polar surface area (TPSA) is 51.8 Å². The summed E-state index contributed by atoms with van der Waals surface area (Å²) in [5.74, 6) is -2.36. The molecule has 0 aliphatic carbocycles. The van der Waals surface area contributed by atoms with Gasteiger partial charge in [-0.15, -0.1) is 10.2 Å². The Kier molecular flexibility index (Phi) is 2.94. The first-order chi connectivity index (χ1) is 9.63. The number of nitrogens with zero attached hydrogens (tertiary/aromatic N) is 3. The first-order valence-corrected chi connectivity index (χ1v) is 5.54. The number of aromatic nitrogens is 3. The maximum Gasteiger partial charge on any atom is 0.252 e. The number of halogens is 3. The molecule has 2 aromatic heterocycles. The monoisotopic (exact) mass is 277 g/mol. The van der Waals surface area contributed by atoms with E-state index < -0.39 is 17.6 Å². The summed E-state index contributed by atoms with van der Waals surface area (Å²) in [4.78, 5) is 3.22. The summed E-state index contributed by atoms with van der Waals surface area (Å²) in [7, 11) is 0. The molecule has 20 heavy (non-hydrogen) atoms. The van der Waals surface area contributed by atoms with Gasteiger partial charge in [-0.2, -0.15) is 4.39 Å². The second kappa shape index (κ2) is 4.76. The van der Waals surface area contributed by atoms with Gasteiger partial charge in [-0.05, 0) is 24.3 Å². The lowest BCUT2D eigenvalue weighted by Crippen LogP contribution is -1.90. The fraction of sp³-hybridized carbons (Fsp3) is 0. The van der Waals surface area contributed by atoms with E-state index in [1.807, 2.05) is 0 Å². The second-order valence-corrected chi connectivity index (χ2v) is 3.91. The first-order valence-electron chi connectivity index (χ1n) is 5.54. The quantitative estimate of drug-likeness (QED) is 0.675. The fourth-order valence-corrected chi connectivity index (χ4v) is 1.64. The van der Waals surface area contributed by atoms with Crippen molar-refractivity contribution < 1.29 is 17.6 Å². The lowest BCUT2D eigenvalue weighted by atomic mass is 10.2. The van der Waals surface area contributed by atoms with Gasteiger partial charge < -0.3 is 4.42 Å². The SMILES string of the molecule is Fc1cccc(-c2nnc(-c3cc(F)cnc3F)o2)c1. The van der Waals surface area contributed by atoms with Crippen LogP contribution in [0.2, 0.25) is 0 Å². The summed E-state index contributed by atoms with van der Waals surface area (Å²) in [6.45, 7) is 0. The number of pyridine rings is 1. The van der Waals surface area contributed by atoms with Crippen molar-refractivity contribution in [1.29, 1.82) is 0 Å². The van der Waals surface area contributed by atoms with Crippen LogP contribution in [0.5, 0.6) is 0 Å². The third-order valence-corrected chi connectivity index (χ3v) is 2.53. The molecule has 0 saturated carbocycles. The standard InChI is InChI=1S/C13H6F3N3O/c14-8-3-1-2-7(4-8)12-18-19-13(20-12)10-5-9(15)6-17-11(10)16/h1-6H. The largest absolute Gasteiger partial charge is 0.416 e. The van der Waals surface area contributed by atoms with Crippen LogP contribution < -0.4 is 0 Å². The molecule has 0 spiro atoms. The zero-order valence-electron chi connectivity index (χ0n) is 9.85. The summed E-state index contributed by atoms with van der Waals surface area (Å²) in [6, 6.07) is 6.37. The minimum atomic E-state index is -0.930. The third-order valence-electron chi connectivity index (χ3n) is 2.53. The molecule has 0 bridgehead atoms. The van der Waals surface area contributed by atoms with Gasteiger partial charge in [0.05, 0.1) is 11.8 Å². The van der Waals surface area contributed by atoms with E-state index in [-0.39, 0.29) is 17.3 Å². The van der Waals surface area contributed by atoms with Crippen molar-refractivity contribution in [1.82, 2.24) is 15.2 Å². The van der Waals surface area contributed by atoms with E-state index in [1.165, 1.54) is 18.2 Å². The van der Waals surface area contributed by atoms with Crippen LogP contribution in [0, 0.1) is 17.6 Å². The molecule has 0 radical (unpaired) electrons. The summed E-state index contributed by atoms with van der Waals surface area (Å²) >= 11 is 0. The number of hydrogen-bond donors (Lipinski definition) is 0. The lowest BCUT2D eigenvalue weighted by molar-refractivity contribution is 0.541. The molecule has 0 saturated heterocycles. The van der Waals surface area contributed by atoms with Gasteiger partial charge in [0.25, 0.3) is 5.89 Å². The van der Waals surface area contributed by atoms with Crippen LogP contribution in [0.25, 0.3) is 22.9 Å². The smallest absolute Gasteiger partial charge is 0.252 e. The van der Waals surface area contributed by atoms with Gasteiger partial charge in [0.1, 0.15) is 11.6 Å². The molecule has 0 unspecified atom stereocenters. The molecule has 100 valence electrons. The zero-order valence-corrected chi connectivity index (χ0v) is 9.85. The Hall–Kier alpha value is -2.70.